The number of carbonyl (C=O) groups is 1. The van der Waals surface area contributed by atoms with Crippen molar-refractivity contribution in [2.45, 2.75) is 31.2 Å². The highest BCUT2D eigenvalue weighted by Gasteiger charge is 2.36. The van der Waals surface area contributed by atoms with Crippen LogP contribution in [0.2, 0.25) is 5.02 Å². The number of carbonyl (C=O) groups excluding carboxylic acids is 1. The van der Waals surface area contributed by atoms with Crippen LogP contribution in [0.3, 0.4) is 0 Å². The molecule has 0 spiro atoms. The van der Waals surface area contributed by atoms with Gasteiger partial charge in [0.1, 0.15) is 5.56 Å². The first-order chi connectivity index (χ1) is 9.47. The number of hydrogen-bond acceptors (Lipinski definition) is 3. The molecule has 1 fully saturated rings. The molecule has 1 N–H and O–H groups in total. The Balaban J connectivity index is 2.27. The zero-order valence-corrected chi connectivity index (χ0v) is 12.2. The SMILES string of the molecule is O=C(NC1(CCl)CCCC1)c1ccc(Cl)cc1[N+](=O)[O-]. The van der Waals surface area contributed by atoms with E-state index in [0.29, 0.717) is 5.88 Å². The van der Waals surface area contributed by atoms with Crippen molar-refractivity contribution in [3.05, 3.63) is 38.9 Å². The molecule has 0 aliphatic heterocycles. The van der Waals surface area contributed by atoms with Gasteiger partial charge < -0.3 is 5.32 Å². The zero-order valence-electron chi connectivity index (χ0n) is 10.7. The lowest BCUT2D eigenvalue weighted by Crippen LogP contribution is -2.48. The standard InChI is InChI=1S/C13H14Cl2N2O3/c14-8-13(5-1-2-6-13)16-12(18)10-4-3-9(15)7-11(10)17(19)20/h3-4,7H,1-2,5-6,8H2,(H,16,18). The lowest BCUT2D eigenvalue weighted by molar-refractivity contribution is -0.385. The van der Waals surface area contributed by atoms with Crippen molar-refractivity contribution in [2.75, 3.05) is 5.88 Å². The quantitative estimate of drug-likeness (QED) is 0.524. The molecule has 0 saturated heterocycles. The van der Waals surface area contributed by atoms with Gasteiger partial charge in [-0.2, -0.15) is 0 Å². The van der Waals surface area contributed by atoms with Crippen molar-refractivity contribution < 1.29 is 9.72 Å². The Bertz CT molecular complexity index is 542. The average molecular weight is 317 g/mol. The number of amides is 1. The van der Waals surface area contributed by atoms with Gasteiger partial charge in [0.25, 0.3) is 11.6 Å². The van der Waals surface area contributed by atoms with E-state index in [0.717, 1.165) is 25.7 Å². The molecule has 0 aromatic heterocycles. The molecule has 0 radical (unpaired) electrons. The van der Waals surface area contributed by atoms with Crippen LogP contribution in [0.4, 0.5) is 5.69 Å². The minimum Gasteiger partial charge on any atom is -0.345 e. The van der Waals surface area contributed by atoms with Gasteiger partial charge in [-0.25, -0.2) is 0 Å². The van der Waals surface area contributed by atoms with E-state index in [1.807, 2.05) is 0 Å². The normalized spacial score (nSPS) is 16.9. The third kappa shape index (κ3) is 3.04. The topological polar surface area (TPSA) is 72.2 Å². The van der Waals surface area contributed by atoms with E-state index >= 15 is 0 Å². The first-order valence-electron chi connectivity index (χ1n) is 6.30. The van der Waals surface area contributed by atoms with Gasteiger partial charge >= 0.3 is 0 Å². The summed E-state index contributed by atoms with van der Waals surface area (Å²) in [5.74, 6) is -0.170. The van der Waals surface area contributed by atoms with Gasteiger partial charge in [-0.05, 0) is 25.0 Å². The van der Waals surface area contributed by atoms with Gasteiger partial charge in [-0.15, -0.1) is 11.6 Å². The van der Waals surface area contributed by atoms with E-state index in [2.05, 4.69) is 5.32 Å². The van der Waals surface area contributed by atoms with Crippen LogP contribution in [0.25, 0.3) is 0 Å². The molecule has 7 heteroatoms. The van der Waals surface area contributed by atoms with Crippen LogP contribution in [0, 0.1) is 10.1 Å². The fourth-order valence-electron chi connectivity index (χ4n) is 2.50. The van der Waals surface area contributed by atoms with Crippen LogP contribution < -0.4 is 5.32 Å². The van der Waals surface area contributed by atoms with Crippen LogP contribution in [0.15, 0.2) is 18.2 Å². The molecule has 108 valence electrons. The van der Waals surface area contributed by atoms with Crippen molar-refractivity contribution in [1.29, 1.82) is 0 Å². The lowest BCUT2D eigenvalue weighted by atomic mass is 9.99. The Morgan fingerprint density at radius 2 is 2.05 bits per heavy atom. The Hall–Kier alpha value is -1.33. The molecular formula is C13H14Cl2N2O3. The van der Waals surface area contributed by atoms with Crippen LogP contribution in [0.1, 0.15) is 36.0 Å². The molecule has 0 unspecified atom stereocenters. The second-order valence-corrected chi connectivity index (χ2v) is 5.70. The first-order valence-corrected chi connectivity index (χ1v) is 7.21. The van der Waals surface area contributed by atoms with E-state index < -0.39 is 16.4 Å². The number of nitrogens with one attached hydrogen (secondary N) is 1. The van der Waals surface area contributed by atoms with E-state index in [9.17, 15) is 14.9 Å². The number of benzene rings is 1. The molecule has 5 nitrogen and oxygen atoms in total. The summed E-state index contributed by atoms with van der Waals surface area (Å²) in [4.78, 5) is 22.7. The minimum absolute atomic E-state index is 0.00999. The van der Waals surface area contributed by atoms with Crippen molar-refractivity contribution in [2.24, 2.45) is 0 Å². The van der Waals surface area contributed by atoms with Crippen LogP contribution in [-0.2, 0) is 0 Å². The lowest BCUT2D eigenvalue weighted by Gasteiger charge is -2.27. The number of nitro groups is 1. The fraction of sp³-hybridized carbons (Fsp3) is 0.462. The summed E-state index contributed by atoms with van der Waals surface area (Å²) in [5, 5.41) is 14.1. The highest BCUT2D eigenvalue weighted by Crippen LogP contribution is 2.32. The van der Waals surface area contributed by atoms with Gasteiger partial charge in [0, 0.05) is 17.0 Å². The summed E-state index contributed by atoms with van der Waals surface area (Å²) in [6.07, 6.45) is 3.58. The maximum Gasteiger partial charge on any atom is 0.283 e. The summed E-state index contributed by atoms with van der Waals surface area (Å²) in [6.45, 7) is 0. The molecule has 1 aromatic rings. The number of nitro benzene ring substituents is 1. The average Bonchev–Trinajstić information content (AvgIpc) is 2.87. The second-order valence-electron chi connectivity index (χ2n) is 4.99. The molecule has 20 heavy (non-hydrogen) atoms. The smallest absolute Gasteiger partial charge is 0.283 e. The fourth-order valence-corrected chi connectivity index (χ4v) is 3.00. The van der Waals surface area contributed by atoms with E-state index in [-0.39, 0.29) is 16.3 Å². The predicted molar refractivity (Wildman–Crippen MR) is 77.5 cm³/mol. The van der Waals surface area contributed by atoms with E-state index in [4.69, 9.17) is 23.2 Å². The molecule has 1 aliphatic carbocycles. The number of nitrogens with zero attached hydrogens (tertiary/aromatic N) is 1. The summed E-state index contributed by atoms with van der Waals surface area (Å²) < 4.78 is 0. The highest BCUT2D eigenvalue weighted by atomic mass is 35.5. The van der Waals surface area contributed by atoms with Crippen molar-refractivity contribution >= 4 is 34.8 Å². The van der Waals surface area contributed by atoms with Gasteiger partial charge in [-0.1, -0.05) is 24.4 Å². The van der Waals surface area contributed by atoms with Crippen LogP contribution >= 0.6 is 23.2 Å². The Morgan fingerprint density at radius 3 is 2.60 bits per heavy atom. The molecule has 0 atom stereocenters. The maximum absolute atomic E-state index is 12.3. The number of alkyl halides is 1. The monoisotopic (exact) mass is 316 g/mol. The van der Waals surface area contributed by atoms with Gasteiger partial charge in [0.15, 0.2) is 0 Å². The van der Waals surface area contributed by atoms with Crippen molar-refractivity contribution in [3.8, 4) is 0 Å². The van der Waals surface area contributed by atoms with Crippen LogP contribution in [0.5, 0.6) is 0 Å². The summed E-state index contributed by atoms with van der Waals surface area (Å²) in [5.41, 5.74) is -0.736. The van der Waals surface area contributed by atoms with Crippen molar-refractivity contribution in [1.82, 2.24) is 5.32 Å². The second kappa shape index (κ2) is 5.97. The maximum atomic E-state index is 12.3. The largest absolute Gasteiger partial charge is 0.345 e. The number of rotatable bonds is 4. The predicted octanol–water partition coefficient (Wildman–Crippen LogP) is 3.53. The Kier molecular flexibility index (Phi) is 4.50. The molecule has 1 saturated carbocycles. The summed E-state index contributed by atoms with van der Waals surface area (Å²) >= 11 is 11.7. The van der Waals surface area contributed by atoms with Crippen LogP contribution in [-0.4, -0.2) is 22.2 Å². The van der Waals surface area contributed by atoms with Gasteiger partial charge in [-0.3, -0.25) is 14.9 Å². The Labute approximate surface area is 126 Å². The summed E-state index contributed by atoms with van der Waals surface area (Å²) in [6, 6.07) is 4.01. The molecule has 1 aromatic carbocycles. The molecule has 0 bridgehead atoms. The molecule has 0 heterocycles. The van der Waals surface area contributed by atoms with E-state index in [1.165, 1.54) is 18.2 Å². The number of hydrogen-bond donors (Lipinski definition) is 1. The third-order valence-electron chi connectivity index (χ3n) is 3.60. The summed E-state index contributed by atoms with van der Waals surface area (Å²) in [7, 11) is 0. The molecular weight excluding hydrogens is 303 g/mol. The molecule has 1 amide bonds. The zero-order chi connectivity index (χ0) is 14.8. The van der Waals surface area contributed by atoms with E-state index in [1.54, 1.807) is 0 Å². The van der Waals surface area contributed by atoms with Gasteiger partial charge in [0.2, 0.25) is 0 Å². The minimum atomic E-state index is -0.608. The molecule has 2 rings (SSSR count). The third-order valence-corrected chi connectivity index (χ3v) is 4.34. The number of halogens is 2. The molecule has 1 aliphatic rings. The Morgan fingerprint density at radius 1 is 1.40 bits per heavy atom. The first kappa shape index (κ1) is 15.1. The van der Waals surface area contributed by atoms with Crippen molar-refractivity contribution in [3.63, 3.8) is 0 Å². The highest BCUT2D eigenvalue weighted by molar-refractivity contribution is 6.31. The van der Waals surface area contributed by atoms with Gasteiger partial charge in [0.05, 0.1) is 10.5 Å².